The molecule has 4 nitrogen and oxygen atoms in total. The van der Waals surface area contributed by atoms with Crippen LogP contribution in [0.15, 0.2) is 12.2 Å². The maximum Gasteiger partial charge on any atom is 0.00795 e. The summed E-state index contributed by atoms with van der Waals surface area (Å²) in [5, 5.41) is 7.22. The summed E-state index contributed by atoms with van der Waals surface area (Å²) in [5.74, 6) is 0. The molecule has 186 valence electrons. The lowest BCUT2D eigenvalue weighted by Gasteiger charge is -2.17. The fourth-order valence-electron chi connectivity index (χ4n) is 4.06. The summed E-state index contributed by atoms with van der Waals surface area (Å²) >= 11 is 0. The van der Waals surface area contributed by atoms with E-state index in [9.17, 15) is 0 Å². The summed E-state index contributed by atoms with van der Waals surface area (Å²) in [6.45, 7) is 7.19. The Morgan fingerprint density at radius 2 is 1.16 bits per heavy atom. The lowest BCUT2D eigenvalue weighted by molar-refractivity contribution is 0.439. The van der Waals surface area contributed by atoms with Gasteiger partial charge < -0.3 is 22.1 Å². The van der Waals surface area contributed by atoms with Crippen molar-refractivity contribution in [2.75, 3.05) is 32.7 Å². The molecule has 0 aromatic carbocycles. The quantitative estimate of drug-likeness (QED) is 0.0979. The smallest absolute Gasteiger partial charge is 0.00795 e. The van der Waals surface area contributed by atoms with Gasteiger partial charge in [0.25, 0.3) is 0 Å². The molecule has 0 spiro atoms. The van der Waals surface area contributed by atoms with Crippen LogP contribution in [0.4, 0.5) is 0 Å². The molecule has 0 aromatic rings. The third kappa shape index (κ3) is 25.7. The zero-order valence-electron chi connectivity index (χ0n) is 21.2. The molecule has 0 saturated carbocycles. The van der Waals surface area contributed by atoms with Crippen molar-refractivity contribution in [1.82, 2.24) is 10.6 Å². The van der Waals surface area contributed by atoms with Gasteiger partial charge in [-0.1, -0.05) is 76.9 Å². The Morgan fingerprint density at radius 3 is 1.77 bits per heavy atom. The van der Waals surface area contributed by atoms with Gasteiger partial charge in [0.05, 0.1) is 0 Å². The van der Waals surface area contributed by atoms with Crippen LogP contribution in [-0.2, 0) is 0 Å². The molecule has 0 bridgehead atoms. The van der Waals surface area contributed by atoms with Gasteiger partial charge in [0.1, 0.15) is 0 Å². The number of allylic oxidation sites excluding steroid dienone is 2. The first-order chi connectivity index (χ1) is 15.3. The van der Waals surface area contributed by atoms with Crippen LogP contribution < -0.4 is 22.1 Å². The number of unbranched alkanes of at least 4 members (excludes halogenated alkanes) is 12. The molecule has 0 aliphatic carbocycles. The molecular weight excluding hydrogens is 380 g/mol. The van der Waals surface area contributed by atoms with Crippen LogP contribution in [0, 0.1) is 0 Å². The Hall–Kier alpha value is -0.420. The van der Waals surface area contributed by atoms with Crippen molar-refractivity contribution in [2.24, 2.45) is 11.5 Å². The average Bonchev–Trinajstić information content (AvgIpc) is 2.78. The van der Waals surface area contributed by atoms with Crippen molar-refractivity contribution in [3.05, 3.63) is 12.2 Å². The van der Waals surface area contributed by atoms with E-state index in [0.29, 0.717) is 6.04 Å². The summed E-state index contributed by atoms with van der Waals surface area (Å²) in [4.78, 5) is 0. The molecular formula is C27H58N4. The largest absolute Gasteiger partial charge is 0.330 e. The van der Waals surface area contributed by atoms with Crippen LogP contribution in [0.2, 0.25) is 0 Å². The van der Waals surface area contributed by atoms with Crippen LogP contribution >= 0.6 is 0 Å². The van der Waals surface area contributed by atoms with E-state index in [1.165, 1.54) is 103 Å². The first-order valence-corrected chi connectivity index (χ1v) is 13.8. The molecule has 0 radical (unpaired) electrons. The van der Waals surface area contributed by atoms with Crippen molar-refractivity contribution in [1.29, 1.82) is 0 Å². The van der Waals surface area contributed by atoms with Crippen molar-refractivity contribution in [3.8, 4) is 0 Å². The second-order valence-electron chi connectivity index (χ2n) is 9.20. The van der Waals surface area contributed by atoms with Gasteiger partial charge in [0.15, 0.2) is 0 Å². The summed E-state index contributed by atoms with van der Waals surface area (Å²) in [6, 6.07) is 0.546. The zero-order chi connectivity index (χ0) is 22.7. The molecule has 1 atom stereocenters. The van der Waals surface area contributed by atoms with Crippen LogP contribution in [0.25, 0.3) is 0 Å². The molecule has 6 N–H and O–H groups in total. The normalized spacial score (nSPS) is 12.7. The predicted molar refractivity (Wildman–Crippen MR) is 141 cm³/mol. The fourth-order valence-corrected chi connectivity index (χ4v) is 4.06. The summed E-state index contributed by atoms with van der Waals surface area (Å²) in [6.07, 6.45) is 28.6. The first-order valence-electron chi connectivity index (χ1n) is 13.8. The van der Waals surface area contributed by atoms with Crippen molar-refractivity contribution in [2.45, 2.75) is 129 Å². The zero-order valence-corrected chi connectivity index (χ0v) is 21.2. The Labute approximate surface area is 195 Å². The molecule has 0 heterocycles. The third-order valence-corrected chi connectivity index (χ3v) is 6.10. The minimum atomic E-state index is 0.546. The van der Waals surface area contributed by atoms with Gasteiger partial charge in [-0.15, -0.1) is 0 Å². The summed E-state index contributed by atoms with van der Waals surface area (Å²) in [5.41, 5.74) is 11.3. The molecule has 0 fully saturated rings. The monoisotopic (exact) mass is 438 g/mol. The molecule has 0 aliphatic rings. The lowest BCUT2D eigenvalue weighted by atomic mass is 10.1. The number of hydrogen-bond donors (Lipinski definition) is 4. The molecule has 0 aromatic heterocycles. The molecule has 0 rings (SSSR count). The van der Waals surface area contributed by atoms with Gasteiger partial charge in [-0.25, -0.2) is 0 Å². The highest BCUT2D eigenvalue weighted by Gasteiger charge is 2.05. The second kappa shape index (κ2) is 27.6. The maximum atomic E-state index is 5.70. The molecule has 4 heteroatoms. The summed E-state index contributed by atoms with van der Waals surface area (Å²) in [7, 11) is 0. The molecule has 1 unspecified atom stereocenters. The number of rotatable bonds is 26. The highest BCUT2D eigenvalue weighted by atomic mass is 14.9. The SMILES string of the molecule is CCCCCCCCC=CCCCCCCCCNCCCNC(CCN)CCCN. The van der Waals surface area contributed by atoms with E-state index >= 15 is 0 Å². The summed E-state index contributed by atoms with van der Waals surface area (Å²) < 4.78 is 0. The van der Waals surface area contributed by atoms with E-state index in [0.717, 1.165) is 45.4 Å². The minimum absolute atomic E-state index is 0.546. The fraction of sp³-hybridized carbons (Fsp3) is 0.926. The Bertz CT molecular complexity index is 346. The topological polar surface area (TPSA) is 76.1 Å². The second-order valence-corrected chi connectivity index (χ2v) is 9.20. The molecule has 0 saturated heterocycles. The predicted octanol–water partition coefficient (Wildman–Crippen LogP) is 6.05. The van der Waals surface area contributed by atoms with E-state index < -0.39 is 0 Å². The number of nitrogens with two attached hydrogens (primary N) is 2. The average molecular weight is 439 g/mol. The number of hydrogen-bond acceptors (Lipinski definition) is 4. The van der Waals surface area contributed by atoms with Crippen LogP contribution in [0.5, 0.6) is 0 Å². The van der Waals surface area contributed by atoms with E-state index in [1.54, 1.807) is 0 Å². The standard InChI is InChI=1S/C27H58N4/c1-2-3-4-5-6-7-8-9-10-11-12-13-14-15-16-17-24-30-25-19-26-31-27(21-23-29)20-18-22-28/h9-10,27,30-31H,2-8,11-26,28-29H2,1H3. The molecule has 31 heavy (non-hydrogen) atoms. The van der Waals surface area contributed by atoms with Gasteiger partial charge in [-0.05, 0) is 90.5 Å². The van der Waals surface area contributed by atoms with Crippen LogP contribution in [0.3, 0.4) is 0 Å². The van der Waals surface area contributed by atoms with Crippen LogP contribution in [-0.4, -0.2) is 38.8 Å². The highest BCUT2D eigenvalue weighted by Crippen LogP contribution is 2.09. The van der Waals surface area contributed by atoms with Gasteiger partial charge in [-0.3, -0.25) is 0 Å². The van der Waals surface area contributed by atoms with E-state index in [1.807, 2.05) is 0 Å². The van der Waals surface area contributed by atoms with Crippen molar-refractivity contribution in [3.63, 3.8) is 0 Å². The molecule has 0 amide bonds. The lowest BCUT2D eigenvalue weighted by Crippen LogP contribution is -2.34. The molecule has 0 aliphatic heterocycles. The number of nitrogens with one attached hydrogen (secondary N) is 2. The van der Waals surface area contributed by atoms with E-state index in [2.05, 4.69) is 29.7 Å². The Balaban J connectivity index is 3.22. The maximum absolute atomic E-state index is 5.70. The van der Waals surface area contributed by atoms with Gasteiger partial charge >= 0.3 is 0 Å². The minimum Gasteiger partial charge on any atom is -0.330 e. The highest BCUT2D eigenvalue weighted by molar-refractivity contribution is 4.81. The van der Waals surface area contributed by atoms with Gasteiger partial charge in [-0.2, -0.15) is 0 Å². The Morgan fingerprint density at radius 1 is 0.581 bits per heavy atom. The Kier molecular flexibility index (Phi) is 27.2. The van der Waals surface area contributed by atoms with Crippen molar-refractivity contribution >= 4 is 0 Å². The van der Waals surface area contributed by atoms with Crippen molar-refractivity contribution < 1.29 is 0 Å². The van der Waals surface area contributed by atoms with E-state index in [-0.39, 0.29) is 0 Å². The first kappa shape index (κ1) is 30.6. The van der Waals surface area contributed by atoms with E-state index in [4.69, 9.17) is 11.5 Å². The van der Waals surface area contributed by atoms with Gasteiger partial charge in [0.2, 0.25) is 0 Å². The van der Waals surface area contributed by atoms with Crippen LogP contribution in [0.1, 0.15) is 122 Å². The third-order valence-electron chi connectivity index (χ3n) is 6.10. The van der Waals surface area contributed by atoms with Gasteiger partial charge in [0, 0.05) is 6.04 Å².